The monoisotopic (exact) mass is 334 g/mol. The summed E-state index contributed by atoms with van der Waals surface area (Å²) in [7, 11) is 1.62. The summed E-state index contributed by atoms with van der Waals surface area (Å²) in [4.78, 5) is 18.3. The Morgan fingerprint density at radius 3 is 2.80 bits per heavy atom. The third-order valence-electron chi connectivity index (χ3n) is 4.90. The second kappa shape index (κ2) is 6.51. The van der Waals surface area contributed by atoms with Gasteiger partial charge in [-0.15, -0.1) is 6.58 Å². The zero-order chi connectivity index (χ0) is 18.0. The van der Waals surface area contributed by atoms with Crippen molar-refractivity contribution in [1.29, 1.82) is 5.41 Å². The van der Waals surface area contributed by atoms with Gasteiger partial charge in [0.05, 0.1) is 11.5 Å². The van der Waals surface area contributed by atoms with Crippen LogP contribution in [0, 0.1) is 11.3 Å². The van der Waals surface area contributed by atoms with Crippen LogP contribution >= 0.6 is 0 Å². The molecule has 2 aromatic rings. The van der Waals surface area contributed by atoms with Crippen LogP contribution in [0.15, 0.2) is 61.4 Å². The number of rotatable bonds is 4. The van der Waals surface area contributed by atoms with Crippen LogP contribution in [0.3, 0.4) is 0 Å². The number of guanidine groups is 1. The van der Waals surface area contributed by atoms with Gasteiger partial charge in [-0.2, -0.15) is 0 Å². The average molecular weight is 334 g/mol. The molecule has 5 heteroatoms. The lowest BCUT2D eigenvalue weighted by molar-refractivity contribution is -0.135. The SMILES string of the molecule is C=CC[C@H]1C(=O)N(C)C(=N)N[C@]1(C)c1cccc(-c2cccnc2)c1. The summed E-state index contributed by atoms with van der Waals surface area (Å²) in [6, 6.07) is 12.0. The third-order valence-corrected chi connectivity index (χ3v) is 4.90. The van der Waals surface area contributed by atoms with Crippen molar-refractivity contribution >= 4 is 11.9 Å². The molecule has 2 atom stereocenters. The van der Waals surface area contributed by atoms with Gasteiger partial charge in [0.2, 0.25) is 5.91 Å². The minimum atomic E-state index is -0.674. The number of amides is 1. The molecule has 3 rings (SSSR count). The number of carbonyl (C=O) groups excluding carboxylic acids is 1. The molecular formula is C20H22N4O. The smallest absolute Gasteiger partial charge is 0.235 e. The molecule has 1 aromatic heterocycles. The molecule has 1 aliphatic heterocycles. The van der Waals surface area contributed by atoms with E-state index in [1.54, 1.807) is 19.3 Å². The zero-order valence-electron chi connectivity index (χ0n) is 14.5. The Bertz CT molecular complexity index is 817. The Kier molecular flexibility index (Phi) is 4.40. The highest BCUT2D eigenvalue weighted by Gasteiger charge is 2.46. The first-order chi connectivity index (χ1) is 12.0. The highest BCUT2D eigenvalue weighted by Crippen LogP contribution is 2.37. The largest absolute Gasteiger partial charge is 0.346 e. The number of carbonyl (C=O) groups is 1. The number of hydrogen-bond acceptors (Lipinski definition) is 3. The maximum atomic E-state index is 12.8. The van der Waals surface area contributed by atoms with E-state index in [4.69, 9.17) is 5.41 Å². The fourth-order valence-electron chi connectivity index (χ4n) is 3.34. The summed E-state index contributed by atoms with van der Waals surface area (Å²) >= 11 is 0. The van der Waals surface area contributed by atoms with Gasteiger partial charge in [0.25, 0.3) is 0 Å². The normalized spacial score (nSPS) is 23.3. The lowest BCUT2D eigenvalue weighted by atomic mass is 9.75. The van der Waals surface area contributed by atoms with E-state index < -0.39 is 5.54 Å². The number of nitrogens with one attached hydrogen (secondary N) is 2. The van der Waals surface area contributed by atoms with Crippen LogP contribution in [0.5, 0.6) is 0 Å². The topological polar surface area (TPSA) is 69.1 Å². The van der Waals surface area contributed by atoms with Gasteiger partial charge in [-0.05, 0) is 42.2 Å². The van der Waals surface area contributed by atoms with E-state index in [-0.39, 0.29) is 17.8 Å². The van der Waals surface area contributed by atoms with Crippen molar-refractivity contribution in [2.75, 3.05) is 7.05 Å². The maximum Gasteiger partial charge on any atom is 0.235 e. The molecular weight excluding hydrogens is 312 g/mol. The molecule has 1 fully saturated rings. The van der Waals surface area contributed by atoms with E-state index in [1.165, 1.54) is 4.90 Å². The van der Waals surface area contributed by atoms with Crippen LogP contribution in [0.4, 0.5) is 0 Å². The molecule has 0 saturated carbocycles. The number of allylic oxidation sites excluding steroid dienone is 1. The third kappa shape index (κ3) is 2.93. The average Bonchev–Trinajstić information content (AvgIpc) is 2.64. The van der Waals surface area contributed by atoms with E-state index in [0.29, 0.717) is 6.42 Å². The fourth-order valence-corrected chi connectivity index (χ4v) is 3.34. The summed E-state index contributed by atoms with van der Waals surface area (Å²) in [5.74, 6) is -0.286. The Hall–Kier alpha value is -2.95. The van der Waals surface area contributed by atoms with E-state index in [9.17, 15) is 4.79 Å². The van der Waals surface area contributed by atoms with Crippen molar-refractivity contribution in [3.05, 3.63) is 67.0 Å². The first kappa shape index (κ1) is 16.9. The summed E-state index contributed by atoms with van der Waals surface area (Å²) < 4.78 is 0. The summed E-state index contributed by atoms with van der Waals surface area (Å²) in [6.07, 6.45) is 5.86. The molecule has 0 spiro atoms. The molecule has 1 saturated heterocycles. The standard InChI is InChI=1S/C20H22N4O/c1-4-7-17-18(25)24(3)19(21)23-20(17,2)16-10-5-8-14(12-16)15-9-6-11-22-13-15/h4-6,8-13,17H,1,7H2,2-3H3,(H2,21,23)/t17-,20+/m0/s1. The van der Waals surface area contributed by atoms with Crippen LogP contribution < -0.4 is 5.32 Å². The molecule has 1 amide bonds. The number of nitrogens with zero attached hydrogens (tertiary/aromatic N) is 2. The molecule has 0 unspecified atom stereocenters. The van der Waals surface area contributed by atoms with E-state index in [0.717, 1.165) is 16.7 Å². The van der Waals surface area contributed by atoms with Gasteiger partial charge in [0.15, 0.2) is 5.96 Å². The number of benzene rings is 1. The maximum absolute atomic E-state index is 12.8. The Balaban J connectivity index is 2.07. The van der Waals surface area contributed by atoms with Crippen LogP contribution in [-0.2, 0) is 10.3 Å². The van der Waals surface area contributed by atoms with Gasteiger partial charge in [-0.3, -0.25) is 20.1 Å². The zero-order valence-corrected chi connectivity index (χ0v) is 14.5. The molecule has 2 N–H and O–H groups in total. The van der Waals surface area contributed by atoms with Gasteiger partial charge in [0, 0.05) is 19.4 Å². The van der Waals surface area contributed by atoms with Crippen molar-refractivity contribution in [2.24, 2.45) is 5.92 Å². The van der Waals surface area contributed by atoms with Crippen molar-refractivity contribution in [3.63, 3.8) is 0 Å². The van der Waals surface area contributed by atoms with Crippen LogP contribution in [0.2, 0.25) is 0 Å². The fraction of sp³-hybridized carbons (Fsp3) is 0.250. The molecule has 0 radical (unpaired) electrons. The van der Waals surface area contributed by atoms with Gasteiger partial charge in [-0.25, -0.2) is 0 Å². The van der Waals surface area contributed by atoms with Gasteiger partial charge in [-0.1, -0.05) is 30.3 Å². The minimum Gasteiger partial charge on any atom is -0.346 e. The van der Waals surface area contributed by atoms with Crippen molar-refractivity contribution < 1.29 is 4.79 Å². The van der Waals surface area contributed by atoms with E-state index >= 15 is 0 Å². The van der Waals surface area contributed by atoms with Crippen molar-refractivity contribution in [3.8, 4) is 11.1 Å². The van der Waals surface area contributed by atoms with E-state index in [2.05, 4.69) is 22.9 Å². The lowest BCUT2D eigenvalue weighted by Gasteiger charge is -2.45. The molecule has 1 aromatic carbocycles. The Morgan fingerprint density at radius 2 is 2.12 bits per heavy atom. The highest BCUT2D eigenvalue weighted by molar-refractivity contribution is 6.00. The quantitative estimate of drug-likeness (QED) is 0.844. The minimum absolute atomic E-state index is 0.0714. The van der Waals surface area contributed by atoms with Crippen LogP contribution in [0.25, 0.3) is 11.1 Å². The molecule has 0 aliphatic carbocycles. The Labute approximate surface area is 147 Å². The summed E-state index contributed by atoms with van der Waals surface area (Å²) in [6.45, 7) is 5.77. The summed E-state index contributed by atoms with van der Waals surface area (Å²) in [5, 5.41) is 11.4. The Morgan fingerprint density at radius 1 is 1.36 bits per heavy atom. The first-order valence-corrected chi connectivity index (χ1v) is 8.23. The molecule has 2 heterocycles. The van der Waals surface area contributed by atoms with Crippen molar-refractivity contribution in [2.45, 2.75) is 18.9 Å². The molecule has 25 heavy (non-hydrogen) atoms. The molecule has 0 bridgehead atoms. The first-order valence-electron chi connectivity index (χ1n) is 8.23. The number of aromatic nitrogens is 1. The molecule has 5 nitrogen and oxygen atoms in total. The van der Waals surface area contributed by atoms with Gasteiger partial charge < -0.3 is 5.32 Å². The number of pyridine rings is 1. The van der Waals surface area contributed by atoms with Crippen LogP contribution in [-0.4, -0.2) is 28.8 Å². The van der Waals surface area contributed by atoms with Crippen molar-refractivity contribution in [1.82, 2.24) is 15.2 Å². The highest BCUT2D eigenvalue weighted by atomic mass is 16.2. The van der Waals surface area contributed by atoms with Crippen LogP contribution in [0.1, 0.15) is 18.9 Å². The predicted octanol–water partition coefficient (Wildman–Crippen LogP) is 3.15. The predicted molar refractivity (Wildman–Crippen MR) is 99.0 cm³/mol. The molecule has 128 valence electrons. The second-order valence-corrected chi connectivity index (χ2v) is 6.47. The van der Waals surface area contributed by atoms with Gasteiger partial charge >= 0.3 is 0 Å². The number of hydrogen-bond donors (Lipinski definition) is 2. The molecule has 1 aliphatic rings. The van der Waals surface area contributed by atoms with E-state index in [1.807, 2.05) is 43.5 Å². The van der Waals surface area contributed by atoms with Gasteiger partial charge in [0.1, 0.15) is 0 Å². The summed E-state index contributed by atoms with van der Waals surface area (Å²) in [5.41, 5.74) is 2.34. The lowest BCUT2D eigenvalue weighted by Crippen LogP contribution is -2.63. The second-order valence-electron chi connectivity index (χ2n) is 6.47.